The smallest absolute Gasteiger partial charge is 0.163 e. The number of hydrogen-bond donors (Lipinski definition) is 1. The molecule has 5 aromatic carbocycles. The van der Waals surface area contributed by atoms with Crippen LogP contribution in [0.1, 0.15) is 81.9 Å². The first-order valence-electron chi connectivity index (χ1n) is 22.5. The maximum atomic E-state index is 6.65. The van der Waals surface area contributed by atoms with Crippen molar-refractivity contribution in [2.45, 2.75) is 64.3 Å². The number of benzene rings is 5. The molecule has 6 unspecified atom stereocenters. The van der Waals surface area contributed by atoms with Crippen LogP contribution in [0.3, 0.4) is 0 Å². The minimum atomic E-state index is -0.307. The van der Waals surface area contributed by atoms with Crippen molar-refractivity contribution >= 4 is 16.7 Å². The van der Waals surface area contributed by atoms with Gasteiger partial charge in [-0.15, -0.1) is 0 Å². The molecule has 6 atom stereocenters. The van der Waals surface area contributed by atoms with E-state index in [1.54, 1.807) is 0 Å². The molecule has 11 rings (SSSR count). The zero-order valence-corrected chi connectivity index (χ0v) is 36.4. The van der Waals surface area contributed by atoms with Gasteiger partial charge in [0.15, 0.2) is 5.82 Å². The molecule has 7 aromatic rings. The Kier molecular flexibility index (Phi) is 9.42. The van der Waals surface area contributed by atoms with E-state index in [4.69, 9.17) is 19.4 Å². The summed E-state index contributed by atoms with van der Waals surface area (Å²) in [7, 11) is 0. The summed E-state index contributed by atoms with van der Waals surface area (Å²) < 4.78 is 6.65. The molecule has 1 aliphatic heterocycles. The predicted octanol–water partition coefficient (Wildman–Crippen LogP) is 14.8. The topological polar surface area (TPSA) is 63.8 Å². The molecular formula is C58H52N4O. The van der Waals surface area contributed by atoms with Gasteiger partial charge >= 0.3 is 0 Å². The molecule has 0 amide bonds. The standard InChI is InChI=1S/C58H52N4O/c1-38-15-9-10-18-45(38)54-60-53(61-55(62-54)56(2)33-35-58(4,36-34-56)57(3)31-13-6-14-32-57)43-27-23-41(24-28-43)40-21-25-42(26-22-40)51-52-50(47-19-11-12-20-49(47)63-52)46-30-29-44(37-48(46)59-51)39-16-7-5-8-17-39/h5-31,33,35,37-38,45,51,59H,32,34,36H2,1-4H3. The number of allylic oxidation sites excluding steroid dienone is 10. The van der Waals surface area contributed by atoms with E-state index in [0.29, 0.717) is 0 Å². The average Bonchev–Trinajstić information content (AvgIpc) is 3.73. The maximum absolute atomic E-state index is 6.65. The highest BCUT2D eigenvalue weighted by Gasteiger charge is 2.45. The summed E-state index contributed by atoms with van der Waals surface area (Å²) in [6, 6.07) is 43.1. The number of rotatable bonds is 7. The zero-order chi connectivity index (χ0) is 42.8. The van der Waals surface area contributed by atoms with Crippen molar-refractivity contribution in [3.05, 3.63) is 205 Å². The van der Waals surface area contributed by atoms with Crippen molar-refractivity contribution in [1.82, 2.24) is 15.0 Å². The molecule has 0 radical (unpaired) electrons. The highest BCUT2D eigenvalue weighted by Crippen LogP contribution is 2.54. The van der Waals surface area contributed by atoms with E-state index in [9.17, 15) is 0 Å². The number of aromatic nitrogens is 3. The molecular weight excluding hydrogens is 769 g/mol. The Morgan fingerprint density at radius 3 is 2.08 bits per heavy atom. The highest BCUT2D eigenvalue weighted by molar-refractivity contribution is 6.02. The molecule has 5 heteroatoms. The third-order valence-corrected chi connectivity index (χ3v) is 14.7. The molecule has 310 valence electrons. The molecule has 0 saturated carbocycles. The number of para-hydroxylation sites is 1. The minimum absolute atomic E-state index is 0.0488. The largest absolute Gasteiger partial charge is 0.458 e. The summed E-state index contributed by atoms with van der Waals surface area (Å²) in [6.45, 7) is 9.36. The molecule has 0 spiro atoms. The van der Waals surface area contributed by atoms with Crippen molar-refractivity contribution in [3.8, 4) is 44.8 Å². The van der Waals surface area contributed by atoms with Crippen LogP contribution in [0.5, 0.6) is 0 Å². The first-order valence-corrected chi connectivity index (χ1v) is 22.5. The number of nitrogens with zero attached hydrogens (tertiary/aromatic N) is 3. The molecule has 1 N–H and O–H groups in total. The second kappa shape index (κ2) is 15.2. The van der Waals surface area contributed by atoms with Crippen molar-refractivity contribution in [3.63, 3.8) is 0 Å². The summed E-state index contributed by atoms with van der Waals surface area (Å²) in [5.41, 5.74) is 10.9. The van der Waals surface area contributed by atoms with Crippen molar-refractivity contribution < 1.29 is 4.42 Å². The van der Waals surface area contributed by atoms with E-state index >= 15 is 0 Å². The van der Waals surface area contributed by atoms with Gasteiger partial charge in [-0.25, -0.2) is 15.0 Å². The van der Waals surface area contributed by atoms with Crippen LogP contribution in [0.2, 0.25) is 0 Å². The van der Waals surface area contributed by atoms with Gasteiger partial charge in [-0.3, -0.25) is 0 Å². The first kappa shape index (κ1) is 39.0. The van der Waals surface area contributed by atoms with Gasteiger partial charge in [0.25, 0.3) is 0 Å². The number of anilines is 1. The lowest BCUT2D eigenvalue weighted by molar-refractivity contribution is 0.143. The van der Waals surface area contributed by atoms with Gasteiger partial charge in [-0.2, -0.15) is 0 Å². The Morgan fingerprint density at radius 1 is 0.619 bits per heavy atom. The van der Waals surface area contributed by atoms with Gasteiger partial charge in [-0.1, -0.05) is 191 Å². The molecule has 0 fully saturated rings. The number of fused-ring (bicyclic) bond motifs is 5. The Balaban J connectivity index is 0.901. The van der Waals surface area contributed by atoms with Gasteiger partial charge in [0, 0.05) is 39.1 Å². The number of furan rings is 1. The fourth-order valence-electron chi connectivity index (χ4n) is 10.2. The summed E-state index contributed by atoms with van der Waals surface area (Å²) >= 11 is 0. The van der Waals surface area contributed by atoms with E-state index < -0.39 is 0 Å². The fraction of sp³-hybridized carbons (Fsp3) is 0.224. The lowest BCUT2D eigenvalue weighted by Gasteiger charge is -2.48. The maximum Gasteiger partial charge on any atom is 0.163 e. The second-order valence-electron chi connectivity index (χ2n) is 18.8. The zero-order valence-electron chi connectivity index (χ0n) is 36.4. The van der Waals surface area contributed by atoms with Crippen molar-refractivity contribution in [1.29, 1.82) is 0 Å². The summed E-state index contributed by atoms with van der Waals surface area (Å²) in [5, 5.41) is 5.01. The van der Waals surface area contributed by atoms with Crippen LogP contribution in [0, 0.1) is 16.7 Å². The van der Waals surface area contributed by atoms with Crippen LogP contribution in [-0.4, -0.2) is 15.0 Å². The normalized spacial score (nSPS) is 25.7. The van der Waals surface area contributed by atoms with Crippen molar-refractivity contribution in [2.24, 2.45) is 16.7 Å². The van der Waals surface area contributed by atoms with E-state index in [0.717, 1.165) is 92.5 Å². The quantitative estimate of drug-likeness (QED) is 0.162. The average molecular weight is 821 g/mol. The van der Waals surface area contributed by atoms with E-state index in [1.807, 2.05) is 6.07 Å². The van der Waals surface area contributed by atoms with Crippen LogP contribution >= 0.6 is 0 Å². The van der Waals surface area contributed by atoms with Crippen LogP contribution in [0.4, 0.5) is 5.69 Å². The van der Waals surface area contributed by atoms with Gasteiger partial charge < -0.3 is 9.73 Å². The predicted molar refractivity (Wildman–Crippen MR) is 258 cm³/mol. The molecule has 4 aliphatic rings. The van der Waals surface area contributed by atoms with Crippen LogP contribution < -0.4 is 5.32 Å². The Morgan fingerprint density at radius 2 is 1.33 bits per heavy atom. The molecule has 0 bridgehead atoms. The minimum Gasteiger partial charge on any atom is -0.458 e. The van der Waals surface area contributed by atoms with E-state index in [2.05, 4.69) is 209 Å². The van der Waals surface area contributed by atoms with Crippen molar-refractivity contribution in [2.75, 3.05) is 5.32 Å². The lowest BCUT2D eigenvalue weighted by atomic mass is 9.56. The third-order valence-electron chi connectivity index (χ3n) is 14.7. The first-order chi connectivity index (χ1) is 30.7. The summed E-state index contributed by atoms with van der Waals surface area (Å²) in [6.07, 6.45) is 25.7. The van der Waals surface area contributed by atoms with Gasteiger partial charge in [0.1, 0.15) is 29.0 Å². The van der Waals surface area contributed by atoms with Crippen LogP contribution in [-0.2, 0) is 5.41 Å². The van der Waals surface area contributed by atoms with Gasteiger partial charge in [0.2, 0.25) is 0 Å². The Hall–Kier alpha value is -6.85. The Labute approximate surface area is 370 Å². The molecule has 3 heterocycles. The van der Waals surface area contributed by atoms with E-state index in [-0.39, 0.29) is 34.1 Å². The molecule has 3 aliphatic carbocycles. The molecule has 0 saturated heterocycles. The van der Waals surface area contributed by atoms with E-state index in [1.165, 1.54) is 11.1 Å². The number of hydrogen-bond acceptors (Lipinski definition) is 5. The second-order valence-corrected chi connectivity index (χ2v) is 18.8. The lowest BCUT2D eigenvalue weighted by Crippen LogP contribution is -2.40. The van der Waals surface area contributed by atoms with Gasteiger partial charge in [-0.05, 0) is 82.9 Å². The summed E-state index contributed by atoms with van der Waals surface area (Å²) in [4.78, 5) is 15.7. The monoisotopic (exact) mass is 820 g/mol. The fourth-order valence-corrected chi connectivity index (χ4v) is 10.2. The number of nitrogens with one attached hydrogen (secondary N) is 1. The molecule has 5 nitrogen and oxygen atoms in total. The molecule has 63 heavy (non-hydrogen) atoms. The SMILES string of the molecule is CC1C=CC=CC1c1nc(-c2ccc(-c3ccc(C4Nc5cc(-c6ccccc6)ccc5-c5c4oc4ccccc54)cc3)cc2)nc(C2(C)C=CC(C)(C3(C)C=CC=CC3)CC2)n1. The molecule has 2 aromatic heterocycles. The van der Waals surface area contributed by atoms with Gasteiger partial charge in [0.05, 0.1) is 0 Å². The third kappa shape index (κ3) is 6.82. The summed E-state index contributed by atoms with van der Waals surface area (Å²) in [5.74, 6) is 3.72. The van der Waals surface area contributed by atoms with Crippen LogP contribution in [0.15, 0.2) is 187 Å². The highest BCUT2D eigenvalue weighted by atomic mass is 16.3. The van der Waals surface area contributed by atoms with Crippen LogP contribution in [0.25, 0.3) is 55.7 Å². The Bertz CT molecular complexity index is 3030.